The van der Waals surface area contributed by atoms with Crippen LogP contribution in [0, 0.1) is 5.92 Å². The number of amides is 1. The summed E-state index contributed by atoms with van der Waals surface area (Å²) < 4.78 is 37.0. The number of rotatable bonds is 3. The number of alkyl halides is 2. The SMILES string of the molecule is COC(=O)C[C@H]1C[C@@H](NC(=O)OC(C)(C)C)C(F)(F)C1. The zero-order valence-corrected chi connectivity index (χ0v) is 12.2. The van der Waals surface area contributed by atoms with Crippen molar-refractivity contribution in [2.45, 2.75) is 57.6 Å². The van der Waals surface area contributed by atoms with E-state index in [-0.39, 0.29) is 12.8 Å². The minimum Gasteiger partial charge on any atom is -0.469 e. The van der Waals surface area contributed by atoms with Gasteiger partial charge in [0.15, 0.2) is 0 Å². The molecule has 0 saturated heterocycles. The average Bonchev–Trinajstić information content (AvgIpc) is 2.50. The molecule has 1 aliphatic carbocycles. The lowest BCUT2D eigenvalue weighted by molar-refractivity contribution is -0.141. The molecule has 0 radical (unpaired) electrons. The summed E-state index contributed by atoms with van der Waals surface area (Å²) in [6.07, 6.45) is -1.36. The maximum absolute atomic E-state index is 13.8. The van der Waals surface area contributed by atoms with Gasteiger partial charge in [0.25, 0.3) is 5.92 Å². The van der Waals surface area contributed by atoms with Crippen LogP contribution in [0.15, 0.2) is 0 Å². The summed E-state index contributed by atoms with van der Waals surface area (Å²) in [4.78, 5) is 22.6. The van der Waals surface area contributed by atoms with Gasteiger partial charge < -0.3 is 14.8 Å². The van der Waals surface area contributed by atoms with E-state index < -0.39 is 42.0 Å². The lowest BCUT2D eigenvalue weighted by atomic mass is 10.0. The third-order valence-corrected chi connectivity index (χ3v) is 3.01. The van der Waals surface area contributed by atoms with Crippen LogP contribution >= 0.6 is 0 Å². The smallest absolute Gasteiger partial charge is 0.408 e. The molecule has 1 fully saturated rings. The monoisotopic (exact) mass is 293 g/mol. The minimum atomic E-state index is -3.05. The Bertz CT molecular complexity index is 379. The fraction of sp³-hybridized carbons (Fsp3) is 0.846. The Balaban J connectivity index is 2.57. The van der Waals surface area contributed by atoms with E-state index in [1.807, 2.05) is 0 Å². The van der Waals surface area contributed by atoms with Crippen LogP contribution in [-0.2, 0) is 14.3 Å². The maximum Gasteiger partial charge on any atom is 0.408 e. The second kappa shape index (κ2) is 5.93. The first kappa shape index (κ1) is 16.7. The molecule has 116 valence electrons. The van der Waals surface area contributed by atoms with E-state index in [2.05, 4.69) is 10.1 Å². The van der Waals surface area contributed by atoms with Crippen molar-refractivity contribution in [1.29, 1.82) is 0 Å². The van der Waals surface area contributed by atoms with Crippen molar-refractivity contribution in [3.63, 3.8) is 0 Å². The zero-order valence-electron chi connectivity index (χ0n) is 12.2. The minimum absolute atomic E-state index is 0.0291. The normalized spacial score (nSPS) is 25.1. The van der Waals surface area contributed by atoms with Gasteiger partial charge in [-0.25, -0.2) is 13.6 Å². The standard InChI is InChI=1S/C13H21F2NO4/c1-12(2,3)20-11(18)16-9-5-8(6-10(17)19-4)7-13(9,14)15/h8-9H,5-7H2,1-4H3,(H,16,18)/t8-,9-/m1/s1. The number of ether oxygens (including phenoxy) is 2. The van der Waals surface area contributed by atoms with E-state index in [9.17, 15) is 18.4 Å². The van der Waals surface area contributed by atoms with Crippen LogP contribution in [0.2, 0.25) is 0 Å². The van der Waals surface area contributed by atoms with Crippen LogP contribution in [0.4, 0.5) is 13.6 Å². The van der Waals surface area contributed by atoms with Gasteiger partial charge in [-0.1, -0.05) is 0 Å². The number of alkyl carbamates (subject to hydrolysis) is 1. The molecule has 0 spiro atoms. The summed E-state index contributed by atoms with van der Waals surface area (Å²) in [6, 6.07) is -1.31. The highest BCUT2D eigenvalue weighted by atomic mass is 19.3. The van der Waals surface area contributed by atoms with Crippen LogP contribution in [0.25, 0.3) is 0 Å². The Labute approximate surface area is 117 Å². The van der Waals surface area contributed by atoms with Crippen molar-refractivity contribution < 1.29 is 27.8 Å². The summed E-state index contributed by atoms with van der Waals surface area (Å²) >= 11 is 0. The van der Waals surface area contributed by atoms with Gasteiger partial charge in [-0.2, -0.15) is 0 Å². The first-order chi connectivity index (χ1) is 9.03. The quantitative estimate of drug-likeness (QED) is 0.812. The van der Waals surface area contributed by atoms with Gasteiger partial charge in [0.1, 0.15) is 5.60 Å². The molecule has 20 heavy (non-hydrogen) atoms. The fourth-order valence-corrected chi connectivity index (χ4v) is 2.21. The number of esters is 1. The lowest BCUT2D eigenvalue weighted by Crippen LogP contribution is -2.45. The first-order valence-electron chi connectivity index (χ1n) is 6.47. The fourth-order valence-electron chi connectivity index (χ4n) is 2.21. The van der Waals surface area contributed by atoms with Crippen molar-refractivity contribution in [3.8, 4) is 0 Å². The summed E-state index contributed by atoms with van der Waals surface area (Å²) in [5.74, 6) is -4.07. The van der Waals surface area contributed by atoms with Gasteiger partial charge in [-0.3, -0.25) is 4.79 Å². The van der Waals surface area contributed by atoms with E-state index in [4.69, 9.17) is 4.74 Å². The molecule has 1 amide bonds. The molecule has 1 aliphatic rings. The van der Waals surface area contributed by atoms with E-state index >= 15 is 0 Å². The van der Waals surface area contributed by atoms with E-state index in [1.54, 1.807) is 20.8 Å². The van der Waals surface area contributed by atoms with Crippen molar-refractivity contribution in [2.24, 2.45) is 5.92 Å². The number of halogens is 2. The van der Waals surface area contributed by atoms with E-state index in [1.165, 1.54) is 7.11 Å². The predicted octanol–water partition coefficient (Wildman–Crippen LogP) is 2.49. The lowest BCUT2D eigenvalue weighted by Gasteiger charge is -2.24. The number of methoxy groups -OCH3 is 1. The molecule has 7 heteroatoms. The van der Waals surface area contributed by atoms with Gasteiger partial charge in [0, 0.05) is 12.8 Å². The topological polar surface area (TPSA) is 64.6 Å². The summed E-state index contributed by atoms with van der Waals surface area (Å²) in [7, 11) is 1.21. The van der Waals surface area contributed by atoms with Crippen LogP contribution in [-0.4, -0.2) is 36.7 Å². The molecule has 1 saturated carbocycles. The van der Waals surface area contributed by atoms with E-state index in [0.29, 0.717) is 0 Å². The molecule has 0 bridgehead atoms. The summed E-state index contributed by atoms with van der Waals surface area (Å²) in [5.41, 5.74) is -0.747. The molecule has 5 nitrogen and oxygen atoms in total. The van der Waals surface area contributed by atoms with Crippen LogP contribution < -0.4 is 5.32 Å². The largest absolute Gasteiger partial charge is 0.469 e. The van der Waals surface area contributed by atoms with Crippen molar-refractivity contribution in [2.75, 3.05) is 7.11 Å². The highest BCUT2D eigenvalue weighted by Gasteiger charge is 2.50. The molecule has 1 N–H and O–H groups in total. The van der Waals surface area contributed by atoms with Crippen LogP contribution in [0.5, 0.6) is 0 Å². The third kappa shape index (κ3) is 4.94. The molecular formula is C13H21F2NO4. The van der Waals surface area contributed by atoms with Crippen LogP contribution in [0.3, 0.4) is 0 Å². The van der Waals surface area contributed by atoms with Crippen LogP contribution in [0.1, 0.15) is 40.0 Å². The summed E-state index contributed by atoms with van der Waals surface area (Å²) in [6.45, 7) is 4.96. The Morgan fingerprint density at radius 3 is 2.45 bits per heavy atom. The maximum atomic E-state index is 13.8. The van der Waals surface area contributed by atoms with E-state index in [0.717, 1.165) is 0 Å². The molecule has 0 heterocycles. The molecule has 0 aromatic rings. The third-order valence-electron chi connectivity index (χ3n) is 3.01. The van der Waals surface area contributed by atoms with Gasteiger partial charge in [0.05, 0.1) is 13.2 Å². The molecule has 0 aromatic carbocycles. The molecule has 0 aliphatic heterocycles. The molecule has 0 unspecified atom stereocenters. The second-order valence-electron chi connectivity index (χ2n) is 6.05. The highest BCUT2D eigenvalue weighted by Crippen LogP contribution is 2.41. The van der Waals surface area contributed by atoms with Crippen molar-refractivity contribution >= 4 is 12.1 Å². The number of carbonyl (C=O) groups is 2. The second-order valence-corrected chi connectivity index (χ2v) is 6.05. The molecule has 2 atom stereocenters. The summed E-state index contributed by atoms with van der Waals surface area (Å²) in [5, 5.41) is 2.18. The molecule has 1 rings (SSSR count). The predicted molar refractivity (Wildman–Crippen MR) is 67.5 cm³/mol. The van der Waals surface area contributed by atoms with Gasteiger partial charge in [-0.15, -0.1) is 0 Å². The van der Waals surface area contributed by atoms with Gasteiger partial charge in [-0.05, 0) is 33.1 Å². The Morgan fingerprint density at radius 1 is 1.35 bits per heavy atom. The molecular weight excluding hydrogens is 272 g/mol. The Kier molecular flexibility index (Phi) is 4.94. The average molecular weight is 293 g/mol. The molecule has 0 aromatic heterocycles. The Hall–Kier alpha value is -1.40. The first-order valence-corrected chi connectivity index (χ1v) is 6.47. The number of hydrogen-bond donors (Lipinski definition) is 1. The van der Waals surface area contributed by atoms with Gasteiger partial charge in [0.2, 0.25) is 0 Å². The van der Waals surface area contributed by atoms with Gasteiger partial charge >= 0.3 is 12.1 Å². The number of hydrogen-bond acceptors (Lipinski definition) is 4. The van der Waals surface area contributed by atoms with Crippen molar-refractivity contribution in [1.82, 2.24) is 5.32 Å². The number of carbonyl (C=O) groups excluding carboxylic acids is 2. The Morgan fingerprint density at radius 2 is 1.95 bits per heavy atom. The number of nitrogens with one attached hydrogen (secondary N) is 1. The van der Waals surface area contributed by atoms with Crippen molar-refractivity contribution in [3.05, 3.63) is 0 Å². The highest BCUT2D eigenvalue weighted by molar-refractivity contribution is 5.70. The zero-order chi connectivity index (χ0) is 15.6.